The molecule has 4 nitrogen and oxygen atoms in total. The lowest BCUT2D eigenvalue weighted by Gasteiger charge is -2.05. The molecule has 94 valence electrons. The number of amides is 1. The molecule has 0 atom stereocenters. The van der Waals surface area contributed by atoms with Crippen LogP contribution in [0.4, 0.5) is 10.1 Å². The molecule has 0 fully saturated rings. The van der Waals surface area contributed by atoms with Gasteiger partial charge in [-0.05, 0) is 18.2 Å². The van der Waals surface area contributed by atoms with E-state index in [0.717, 1.165) is 4.88 Å². The molecule has 0 bridgehead atoms. The molecule has 0 aliphatic carbocycles. The summed E-state index contributed by atoms with van der Waals surface area (Å²) in [6.45, 7) is 0.460. The van der Waals surface area contributed by atoms with Gasteiger partial charge in [0.1, 0.15) is 0 Å². The number of halogens is 1. The number of benzene rings is 1. The molecule has 1 amide bonds. The first-order valence-electron chi connectivity index (χ1n) is 5.16. The summed E-state index contributed by atoms with van der Waals surface area (Å²) < 4.78 is 13.1. The number of primary amides is 1. The van der Waals surface area contributed by atoms with Gasteiger partial charge in [-0.2, -0.15) is 0 Å². The van der Waals surface area contributed by atoms with Crippen molar-refractivity contribution >= 4 is 22.9 Å². The van der Waals surface area contributed by atoms with E-state index in [1.54, 1.807) is 17.5 Å². The van der Waals surface area contributed by atoms with Crippen molar-refractivity contribution in [1.82, 2.24) is 0 Å². The molecule has 0 saturated carbocycles. The van der Waals surface area contributed by atoms with Crippen molar-refractivity contribution < 1.29 is 14.3 Å². The summed E-state index contributed by atoms with van der Waals surface area (Å²) in [5.41, 5.74) is 6.16. The molecular weight excluding hydrogens is 255 g/mol. The van der Waals surface area contributed by atoms with Crippen molar-refractivity contribution in [3.05, 3.63) is 45.9 Å². The van der Waals surface area contributed by atoms with Gasteiger partial charge in [0.2, 0.25) is 5.91 Å². The number of hydrogen-bond donors (Lipinski definition) is 3. The van der Waals surface area contributed by atoms with E-state index in [2.05, 4.69) is 5.32 Å². The van der Waals surface area contributed by atoms with Crippen LogP contribution in [-0.4, -0.2) is 11.0 Å². The van der Waals surface area contributed by atoms with Gasteiger partial charge in [-0.3, -0.25) is 4.79 Å². The van der Waals surface area contributed by atoms with E-state index in [1.807, 2.05) is 0 Å². The highest BCUT2D eigenvalue weighted by molar-refractivity contribution is 7.10. The number of thiophene rings is 1. The van der Waals surface area contributed by atoms with E-state index in [9.17, 15) is 9.18 Å². The minimum Gasteiger partial charge on any atom is -0.505 e. The third-order valence-electron chi connectivity index (χ3n) is 2.35. The van der Waals surface area contributed by atoms with Gasteiger partial charge >= 0.3 is 0 Å². The van der Waals surface area contributed by atoms with Crippen molar-refractivity contribution in [3.8, 4) is 5.75 Å². The molecule has 18 heavy (non-hydrogen) atoms. The van der Waals surface area contributed by atoms with Crippen molar-refractivity contribution in [1.29, 1.82) is 0 Å². The second kappa shape index (κ2) is 5.05. The van der Waals surface area contributed by atoms with Crippen molar-refractivity contribution in [3.63, 3.8) is 0 Å². The predicted molar refractivity (Wildman–Crippen MR) is 68.2 cm³/mol. The Labute approximate surface area is 107 Å². The van der Waals surface area contributed by atoms with Crippen LogP contribution in [0.25, 0.3) is 0 Å². The number of carbonyl (C=O) groups excluding carboxylic acids is 1. The topological polar surface area (TPSA) is 75.4 Å². The average Bonchev–Trinajstić information content (AvgIpc) is 2.79. The van der Waals surface area contributed by atoms with E-state index in [1.165, 1.54) is 23.5 Å². The highest BCUT2D eigenvalue weighted by Gasteiger charge is 2.05. The van der Waals surface area contributed by atoms with Crippen LogP contribution in [0, 0.1) is 5.82 Å². The molecule has 0 aliphatic rings. The van der Waals surface area contributed by atoms with Gasteiger partial charge in [-0.1, -0.05) is 0 Å². The van der Waals surface area contributed by atoms with E-state index in [-0.39, 0.29) is 5.75 Å². The Bertz CT molecular complexity index is 583. The standard InChI is InChI=1S/C12H11FN2O2S/c13-10-4-8(1-2-11(10)16)15-5-9-3-7(6-18-9)12(14)17/h1-4,6,15-16H,5H2,(H2,14,17). The van der Waals surface area contributed by atoms with Crippen molar-refractivity contribution in [2.75, 3.05) is 5.32 Å². The summed E-state index contributed by atoms with van der Waals surface area (Å²) in [6.07, 6.45) is 0. The molecule has 6 heteroatoms. The lowest BCUT2D eigenvalue weighted by atomic mass is 10.2. The summed E-state index contributed by atoms with van der Waals surface area (Å²) in [5.74, 6) is -1.52. The van der Waals surface area contributed by atoms with Crippen molar-refractivity contribution in [2.45, 2.75) is 6.54 Å². The van der Waals surface area contributed by atoms with Crippen LogP contribution < -0.4 is 11.1 Å². The molecule has 2 rings (SSSR count). The molecule has 1 aromatic heterocycles. The fraction of sp³-hybridized carbons (Fsp3) is 0.0833. The van der Waals surface area contributed by atoms with Crippen LogP contribution in [0.2, 0.25) is 0 Å². The van der Waals surface area contributed by atoms with Gasteiger partial charge in [-0.15, -0.1) is 11.3 Å². The Morgan fingerprint density at radius 3 is 2.83 bits per heavy atom. The lowest BCUT2D eigenvalue weighted by Crippen LogP contribution is -2.09. The van der Waals surface area contributed by atoms with Crippen LogP contribution in [0.3, 0.4) is 0 Å². The molecular formula is C12H11FN2O2S. The molecule has 4 N–H and O–H groups in total. The van der Waals surface area contributed by atoms with E-state index < -0.39 is 11.7 Å². The number of anilines is 1. The lowest BCUT2D eigenvalue weighted by molar-refractivity contribution is 0.100. The van der Waals surface area contributed by atoms with Gasteiger partial charge in [-0.25, -0.2) is 4.39 Å². The fourth-order valence-electron chi connectivity index (χ4n) is 1.41. The Morgan fingerprint density at radius 2 is 2.22 bits per heavy atom. The van der Waals surface area contributed by atoms with Gasteiger partial charge in [0, 0.05) is 28.6 Å². The zero-order chi connectivity index (χ0) is 13.1. The maximum Gasteiger partial charge on any atom is 0.249 e. The number of aromatic hydroxyl groups is 1. The summed E-state index contributed by atoms with van der Waals surface area (Å²) in [7, 11) is 0. The zero-order valence-corrected chi connectivity index (χ0v) is 10.1. The van der Waals surface area contributed by atoms with Crippen molar-refractivity contribution in [2.24, 2.45) is 5.73 Å². The van der Waals surface area contributed by atoms with Crippen LogP contribution in [0.5, 0.6) is 5.75 Å². The van der Waals surface area contributed by atoms with Gasteiger partial charge in [0.25, 0.3) is 0 Å². The number of carbonyl (C=O) groups is 1. The predicted octanol–water partition coefficient (Wildman–Crippen LogP) is 2.30. The SMILES string of the molecule is NC(=O)c1csc(CNc2ccc(O)c(F)c2)c1. The number of hydrogen-bond acceptors (Lipinski definition) is 4. The van der Waals surface area contributed by atoms with E-state index in [4.69, 9.17) is 10.8 Å². The zero-order valence-electron chi connectivity index (χ0n) is 9.31. The number of nitrogens with two attached hydrogens (primary N) is 1. The summed E-state index contributed by atoms with van der Waals surface area (Å²) in [5, 5.41) is 13.7. The second-order valence-corrected chi connectivity index (χ2v) is 4.68. The first-order valence-corrected chi connectivity index (χ1v) is 6.04. The van der Waals surface area contributed by atoms with Gasteiger partial charge in [0.05, 0.1) is 5.56 Å². The first kappa shape index (κ1) is 12.4. The summed E-state index contributed by atoms with van der Waals surface area (Å²) in [4.78, 5) is 11.8. The molecule has 0 radical (unpaired) electrons. The summed E-state index contributed by atoms with van der Waals surface area (Å²) >= 11 is 1.40. The van der Waals surface area contributed by atoms with Gasteiger partial charge < -0.3 is 16.2 Å². The largest absolute Gasteiger partial charge is 0.505 e. The van der Waals surface area contributed by atoms with E-state index in [0.29, 0.717) is 17.8 Å². The maximum absolute atomic E-state index is 13.1. The quantitative estimate of drug-likeness (QED) is 0.743. The maximum atomic E-state index is 13.1. The van der Waals surface area contributed by atoms with Crippen LogP contribution in [0.1, 0.15) is 15.2 Å². The first-order chi connectivity index (χ1) is 8.56. The third kappa shape index (κ3) is 2.78. The van der Waals surface area contributed by atoms with Crippen LogP contribution >= 0.6 is 11.3 Å². The molecule has 0 aliphatic heterocycles. The highest BCUT2D eigenvalue weighted by atomic mass is 32.1. The Morgan fingerprint density at radius 1 is 1.44 bits per heavy atom. The van der Waals surface area contributed by atoms with Gasteiger partial charge in [0.15, 0.2) is 11.6 Å². The molecule has 0 spiro atoms. The minimum atomic E-state index is -0.677. The second-order valence-electron chi connectivity index (χ2n) is 3.69. The number of phenols is 1. The minimum absolute atomic E-state index is 0.382. The van der Waals surface area contributed by atoms with Crippen LogP contribution in [-0.2, 0) is 6.54 Å². The molecule has 2 aromatic rings. The molecule has 0 saturated heterocycles. The Balaban J connectivity index is 2.02. The normalized spacial score (nSPS) is 10.3. The third-order valence-corrected chi connectivity index (χ3v) is 3.29. The Hall–Kier alpha value is -2.08. The average molecular weight is 266 g/mol. The number of nitrogens with one attached hydrogen (secondary N) is 1. The Kier molecular flexibility index (Phi) is 3.47. The molecule has 0 unspecified atom stereocenters. The molecule has 1 aromatic carbocycles. The van der Waals surface area contributed by atoms with E-state index >= 15 is 0 Å². The van der Waals surface area contributed by atoms with Crippen LogP contribution in [0.15, 0.2) is 29.6 Å². The fourth-order valence-corrected chi connectivity index (χ4v) is 2.22. The highest BCUT2D eigenvalue weighted by Crippen LogP contribution is 2.21. The summed E-state index contributed by atoms with van der Waals surface area (Å²) in [6, 6.07) is 5.75. The number of rotatable bonds is 4. The number of phenolic OH excluding ortho intramolecular Hbond substituents is 1. The molecule has 1 heterocycles. The monoisotopic (exact) mass is 266 g/mol. The smallest absolute Gasteiger partial charge is 0.249 e.